The molecule has 12 nitrogen and oxygen atoms in total. The highest BCUT2D eigenvalue weighted by molar-refractivity contribution is 6.24. The summed E-state index contributed by atoms with van der Waals surface area (Å²) in [6.45, 7) is 4.25. The summed E-state index contributed by atoms with van der Waals surface area (Å²) in [7, 11) is 2.95. The highest BCUT2D eigenvalue weighted by Gasteiger charge is 2.68. The van der Waals surface area contributed by atoms with E-state index in [1.807, 2.05) is 18.2 Å². The van der Waals surface area contributed by atoms with E-state index >= 15 is 0 Å². The van der Waals surface area contributed by atoms with Gasteiger partial charge in [-0.15, -0.1) is 0 Å². The molecular formula is C34H40N4O8. The van der Waals surface area contributed by atoms with Gasteiger partial charge in [0.25, 0.3) is 5.91 Å². The Balaban J connectivity index is 1.34. The molecule has 244 valence electrons. The maximum absolute atomic E-state index is 14.2. The Labute approximate surface area is 266 Å². The van der Waals surface area contributed by atoms with Crippen molar-refractivity contribution in [2.24, 2.45) is 17.6 Å². The molecule has 1 saturated heterocycles. The summed E-state index contributed by atoms with van der Waals surface area (Å²) in [5, 5.41) is 61.2. The van der Waals surface area contributed by atoms with Crippen molar-refractivity contribution in [1.82, 2.24) is 9.80 Å². The SMILES string of the molecule is C[C@H]1c2ccc(NC3CCN(Cc4ccccc4)CC3)c(O)c2C(O)=C2C(=O)[C@@]3(O)C(O)=C(C(N)=O)C(=O)[C@H](N(C)C)[C@H]3[C@@H](O)[C@@H]21. The van der Waals surface area contributed by atoms with Crippen molar-refractivity contribution in [2.75, 3.05) is 32.5 Å². The second kappa shape index (κ2) is 11.5. The van der Waals surface area contributed by atoms with Crippen LogP contribution in [0.25, 0.3) is 5.76 Å². The summed E-state index contributed by atoms with van der Waals surface area (Å²) < 4.78 is 0. The van der Waals surface area contributed by atoms with Crippen LogP contribution in [0, 0.1) is 11.8 Å². The minimum absolute atomic E-state index is 0.0255. The quantitative estimate of drug-likeness (QED) is 0.180. The number of nitrogens with two attached hydrogens (primary N) is 1. The number of aliphatic hydroxyl groups is 4. The number of ketones is 2. The molecule has 6 rings (SSSR count). The van der Waals surface area contributed by atoms with E-state index in [2.05, 4.69) is 22.3 Å². The number of rotatable bonds is 6. The molecule has 8 N–H and O–H groups in total. The van der Waals surface area contributed by atoms with Crippen molar-refractivity contribution in [3.63, 3.8) is 0 Å². The van der Waals surface area contributed by atoms with Crippen LogP contribution in [0.5, 0.6) is 5.75 Å². The van der Waals surface area contributed by atoms with Crippen LogP contribution in [0.15, 0.2) is 59.4 Å². The average Bonchev–Trinajstić information content (AvgIpc) is 3.01. The first kappa shape index (κ1) is 31.7. The fourth-order valence-corrected chi connectivity index (χ4v) is 8.03. The van der Waals surface area contributed by atoms with Crippen LogP contribution in [0.3, 0.4) is 0 Å². The highest BCUT2D eigenvalue weighted by atomic mass is 16.4. The highest BCUT2D eigenvalue weighted by Crippen LogP contribution is 2.56. The normalized spacial score (nSPS) is 30.3. The number of fused-ring (bicyclic) bond motifs is 3. The molecule has 4 aliphatic rings. The number of hydrogen-bond acceptors (Lipinski definition) is 11. The number of nitrogens with one attached hydrogen (secondary N) is 1. The van der Waals surface area contributed by atoms with Crippen LogP contribution < -0.4 is 11.1 Å². The van der Waals surface area contributed by atoms with E-state index in [9.17, 15) is 39.9 Å². The minimum Gasteiger partial charge on any atom is -0.508 e. The van der Waals surface area contributed by atoms with Crippen LogP contribution in [-0.4, -0.2) is 104 Å². The predicted octanol–water partition coefficient (Wildman–Crippen LogP) is 1.57. The van der Waals surface area contributed by atoms with E-state index in [0.29, 0.717) is 11.3 Å². The smallest absolute Gasteiger partial charge is 0.255 e. The number of aliphatic hydroxyl groups excluding tert-OH is 3. The number of primary amides is 1. The van der Waals surface area contributed by atoms with Crippen molar-refractivity contribution in [3.05, 3.63) is 76.1 Å². The van der Waals surface area contributed by atoms with Gasteiger partial charge in [0.1, 0.15) is 22.8 Å². The topological polar surface area (TPSA) is 197 Å². The first-order chi connectivity index (χ1) is 21.8. The first-order valence-electron chi connectivity index (χ1n) is 15.5. The Morgan fingerprint density at radius 2 is 1.72 bits per heavy atom. The minimum atomic E-state index is -2.94. The molecule has 0 bridgehead atoms. The monoisotopic (exact) mass is 632 g/mol. The molecule has 0 spiro atoms. The number of aromatic hydroxyl groups is 1. The molecule has 3 aliphatic carbocycles. The van der Waals surface area contributed by atoms with Gasteiger partial charge >= 0.3 is 0 Å². The lowest BCUT2D eigenvalue weighted by Crippen LogP contribution is -2.70. The standard InChI is InChI=1S/C34H40N4O8/c1-16-19-9-10-20(36-18-11-13-38(14-12-18)15-17-7-5-4-6-8-17)27(39)22(19)28(40)23-21(16)29(41)25-26(37(2)3)30(42)24(33(35)45)32(44)34(25,46)31(23)43/h4-10,16,18,21,25-26,29,36,39-41,44,46H,11-15H2,1-3H3,(H2,35,45)/t16-,21+,25-,26+,29-,34+/m0/s1. The number of phenols is 1. The molecule has 0 aromatic heterocycles. The average molecular weight is 633 g/mol. The van der Waals surface area contributed by atoms with Gasteiger partial charge in [-0.3, -0.25) is 24.2 Å². The number of likely N-dealkylation sites (tertiary alicyclic amines) is 1. The van der Waals surface area contributed by atoms with E-state index < -0.39 is 75.6 Å². The number of hydrogen-bond donors (Lipinski definition) is 7. The lowest BCUT2D eigenvalue weighted by molar-refractivity contribution is -0.169. The summed E-state index contributed by atoms with van der Waals surface area (Å²) in [6, 6.07) is 12.3. The van der Waals surface area contributed by atoms with Gasteiger partial charge in [0.15, 0.2) is 11.4 Å². The Morgan fingerprint density at radius 3 is 2.33 bits per heavy atom. The van der Waals surface area contributed by atoms with Crippen LogP contribution in [0.1, 0.15) is 42.4 Å². The lowest BCUT2D eigenvalue weighted by Gasteiger charge is -2.53. The number of piperidine rings is 1. The van der Waals surface area contributed by atoms with Gasteiger partial charge in [-0.2, -0.15) is 0 Å². The zero-order valence-corrected chi connectivity index (χ0v) is 26.0. The number of Topliss-reactive ketones (excluding diaryl/α,β-unsaturated/α-hetero) is 2. The molecule has 2 aromatic carbocycles. The second-order valence-electron chi connectivity index (χ2n) is 13.2. The van der Waals surface area contributed by atoms with Gasteiger partial charge in [-0.1, -0.05) is 43.3 Å². The molecule has 1 saturated carbocycles. The Bertz CT molecular complexity index is 1660. The van der Waals surface area contributed by atoms with E-state index in [-0.39, 0.29) is 17.4 Å². The summed E-state index contributed by atoms with van der Waals surface area (Å²) in [4.78, 5) is 43.5. The number of carbonyl (C=O) groups excluding carboxylic acids is 3. The van der Waals surface area contributed by atoms with Gasteiger partial charge in [-0.25, -0.2) is 0 Å². The maximum Gasteiger partial charge on any atom is 0.255 e. The second-order valence-corrected chi connectivity index (χ2v) is 13.2. The van der Waals surface area contributed by atoms with E-state index in [4.69, 9.17) is 5.73 Å². The Hall–Kier alpha value is -4.23. The number of benzene rings is 2. The third-order valence-corrected chi connectivity index (χ3v) is 10.3. The molecule has 1 aliphatic heterocycles. The Morgan fingerprint density at radius 1 is 1.07 bits per heavy atom. The molecule has 1 amide bonds. The molecule has 0 unspecified atom stereocenters. The zero-order valence-electron chi connectivity index (χ0n) is 26.0. The third kappa shape index (κ3) is 4.70. The lowest BCUT2D eigenvalue weighted by atomic mass is 9.54. The van der Waals surface area contributed by atoms with E-state index in [0.717, 1.165) is 32.5 Å². The number of likely N-dealkylation sites (N-methyl/N-ethyl adjacent to an activating group) is 1. The van der Waals surface area contributed by atoms with Gasteiger partial charge in [0.2, 0.25) is 5.78 Å². The molecule has 0 radical (unpaired) electrons. The molecule has 46 heavy (non-hydrogen) atoms. The van der Waals surface area contributed by atoms with Crippen molar-refractivity contribution < 1.29 is 39.9 Å². The van der Waals surface area contributed by atoms with Crippen LogP contribution in [0.4, 0.5) is 5.69 Å². The van der Waals surface area contributed by atoms with Gasteiger partial charge in [0.05, 0.1) is 29.3 Å². The molecular weight excluding hydrogens is 592 g/mol. The number of anilines is 1. The van der Waals surface area contributed by atoms with Gasteiger partial charge in [-0.05, 0) is 50.0 Å². The van der Waals surface area contributed by atoms with E-state index in [1.54, 1.807) is 19.1 Å². The molecule has 6 atom stereocenters. The predicted molar refractivity (Wildman–Crippen MR) is 169 cm³/mol. The molecule has 2 aromatic rings. The van der Waals surface area contributed by atoms with Crippen molar-refractivity contribution in [3.8, 4) is 5.75 Å². The van der Waals surface area contributed by atoms with E-state index in [1.165, 1.54) is 24.6 Å². The van der Waals surface area contributed by atoms with Crippen LogP contribution in [-0.2, 0) is 20.9 Å². The zero-order chi connectivity index (χ0) is 33.2. The number of amides is 1. The summed E-state index contributed by atoms with van der Waals surface area (Å²) in [6.07, 6.45) is -0.00169. The fraction of sp³-hybridized carbons (Fsp3) is 0.441. The summed E-state index contributed by atoms with van der Waals surface area (Å²) in [5.74, 6) is -9.00. The number of phenolic OH excluding ortho intramolecular Hbond substituents is 1. The van der Waals surface area contributed by atoms with Crippen LogP contribution >= 0.6 is 0 Å². The first-order valence-corrected chi connectivity index (χ1v) is 15.5. The maximum atomic E-state index is 14.2. The molecule has 2 fully saturated rings. The number of carbonyl (C=O) groups is 3. The van der Waals surface area contributed by atoms with Crippen molar-refractivity contribution in [2.45, 2.75) is 56.0 Å². The van der Waals surface area contributed by atoms with Crippen molar-refractivity contribution >= 4 is 28.9 Å². The van der Waals surface area contributed by atoms with Crippen molar-refractivity contribution in [1.29, 1.82) is 0 Å². The number of nitrogens with zero attached hydrogens (tertiary/aromatic N) is 2. The largest absolute Gasteiger partial charge is 0.508 e. The summed E-state index contributed by atoms with van der Waals surface area (Å²) in [5.41, 5.74) is 3.13. The molecule has 1 heterocycles. The van der Waals surface area contributed by atoms with Crippen LogP contribution in [0.2, 0.25) is 0 Å². The fourth-order valence-electron chi connectivity index (χ4n) is 8.03. The Kier molecular flexibility index (Phi) is 7.96. The summed E-state index contributed by atoms with van der Waals surface area (Å²) >= 11 is 0. The van der Waals surface area contributed by atoms with Gasteiger partial charge < -0.3 is 36.6 Å². The third-order valence-electron chi connectivity index (χ3n) is 10.3. The van der Waals surface area contributed by atoms with Gasteiger partial charge in [0, 0.05) is 37.2 Å². The molecule has 12 heteroatoms.